The second kappa shape index (κ2) is 8.07. The van der Waals surface area contributed by atoms with Crippen molar-refractivity contribution in [3.05, 3.63) is 42.5 Å². The van der Waals surface area contributed by atoms with Gasteiger partial charge in [-0.3, -0.25) is 4.99 Å². The zero-order chi connectivity index (χ0) is 15.8. The largest absolute Gasteiger partial charge is 0.497 e. The van der Waals surface area contributed by atoms with E-state index in [0.717, 1.165) is 36.6 Å². The fourth-order valence-corrected chi connectivity index (χ4v) is 2.10. The van der Waals surface area contributed by atoms with Crippen LogP contribution in [0.1, 0.15) is 18.7 Å². The number of rotatable bonds is 7. The third-order valence-electron chi connectivity index (χ3n) is 3.38. The van der Waals surface area contributed by atoms with Gasteiger partial charge in [0, 0.05) is 31.2 Å². The molecule has 0 aliphatic heterocycles. The number of methoxy groups -OCH3 is 1. The number of aliphatic imine (C=N–C) groups is 1. The zero-order valence-corrected chi connectivity index (χ0v) is 13.1. The number of nitrogens with zero attached hydrogens (tertiary/aromatic N) is 3. The summed E-state index contributed by atoms with van der Waals surface area (Å²) in [6.45, 7) is 3.69. The predicted octanol–water partition coefficient (Wildman–Crippen LogP) is 2.41. The first-order valence-electron chi connectivity index (χ1n) is 7.38. The Morgan fingerprint density at radius 2 is 2.09 bits per heavy atom. The molecule has 0 radical (unpaired) electrons. The Labute approximate surface area is 131 Å². The topological polar surface area (TPSA) is 77.5 Å². The summed E-state index contributed by atoms with van der Waals surface area (Å²) in [7, 11) is 1.64. The summed E-state index contributed by atoms with van der Waals surface area (Å²) >= 11 is 0. The molecule has 2 rings (SSSR count). The third kappa shape index (κ3) is 4.80. The van der Waals surface area contributed by atoms with E-state index in [1.165, 1.54) is 0 Å². The Balaban J connectivity index is 1.69. The molecule has 0 bridgehead atoms. The smallest absolute Gasteiger partial charge is 0.193 e. The van der Waals surface area contributed by atoms with Crippen LogP contribution in [0, 0.1) is 6.92 Å². The Hall–Kier alpha value is -2.50. The lowest BCUT2D eigenvalue weighted by molar-refractivity contribution is 0.415. The third-order valence-corrected chi connectivity index (χ3v) is 3.38. The molecule has 1 aromatic carbocycles. The van der Waals surface area contributed by atoms with Crippen molar-refractivity contribution in [1.82, 2.24) is 9.55 Å². The predicted molar refractivity (Wildman–Crippen MR) is 89.3 cm³/mol. The Bertz CT molecular complexity index is 603. The number of hydrogen-bond acceptors (Lipinski definition) is 3. The highest BCUT2D eigenvalue weighted by Crippen LogP contribution is 2.14. The number of hydrogen-bond donors (Lipinski definition) is 2. The number of unbranched alkanes of at least 4 members (excludes halogenated alkanes) is 1. The number of benzene rings is 1. The molecule has 0 saturated carbocycles. The van der Waals surface area contributed by atoms with Gasteiger partial charge in [-0.1, -0.05) is 0 Å². The fourth-order valence-electron chi connectivity index (χ4n) is 2.10. The van der Waals surface area contributed by atoms with Crippen molar-refractivity contribution in [1.29, 1.82) is 0 Å². The van der Waals surface area contributed by atoms with Crippen LogP contribution in [0.2, 0.25) is 0 Å². The van der Waals surface area contributed by atoms with Gasteiger partial charge in [0.1, 0.15) is 11.6 Å². The van der Waals surface area contributed by atoms with Crippen molar-refractivity contribution in [3.63, 3.8) is 0 Å². The van der Waals surface area contributed by atoms with Gasteiger partial charge in [-0.25, -0.2) is 4.98 Å². The zero-order valence-electron chi connectivity index (χ0n) is 13.1. The van der Waals surface area contributed by atoms with Gasteiger partial charge in [0.15, 0.2) is 5.96 Å². The van der Waals surface area contributed by atoms with Gasteiger partial charge < -0.3 is 20.4 Å². The van der Waals surface area contributed by atoms with Crippen molar-refractivity contribution in [2.24, 2.45) is 10.7 Å². The van der Waals surface area contributed by atoms with Crippen LogP contribution in [0.4, 0.5) is 5.69 Å². The molecular weight excluding hydrogens is 278 g/mol. The van der Waals surface area contributed by atoms with E-state index in [-0.39, 0.29) is 0 Å². The van der Waals surface area contributed by atoms with Crippen molar-refractivity contribution in [2.75, 3.05) is 19.0 Å². The first-order valence-corrected chi connectivity index (χ1v) is 7.38. The monoisotopic (exact) mass is 301 g/mol. The molecule has 1 heterocycles. The average Bonchev–Trinajstić information content (AvgIpc) is 2.93. The van der Waals surface area contributed by atoms with E-state index in [9.17, 15) is 0 Å². The van der Waals surface area contributed by atoms with Gasteiger partial charge in [0.2, 0.25) is 0 Å². The summed E-state index contributed by atoms with van der Waals surface area (Å²) in [4.78, 5) is 8.53. The number of ether oxygens (including phenoxy) is 1. The molecule has 0 atom stereocenters. The average molecular weight is 301 g/mol. The van der Waals surface area contributed by atoms with Crippen molar-refractivity contribution in [3.8, 4) is 5.75 Å². The number of guanidine groups is 1. The summed E-state index contributed by atoms with van der Waals surface area (Å²) in [6, 6.07) is 7.57. The maximum absolute atomic E-state index is 5.87. The van der Waals surface area contributed by atoms with Gasteiger partial charge in [-0.2, -0.15) is 0 Å². The minimum atomic E-state index is 0.434. The maximum atomic E-state index is 5.87. The second-order valence-electron chi connectivity index (χ2n) is 5.00. The lowest BCUT2D eigenvalue weighted by Crippen LogP contribution is -2.22. The van der Waals surface area contributed by atoms with Crippen LogP contribution in [0.15, 0.2) is 41.7 Å². The number of imidazole rings is 1. The Morgan fingerprint density at radius 1 is 1.32 bits per heavy atom. The number of aromatic nitrogens is 2. The molecule has 0 fully saturated rings. The number of nitrogens with two attached hydrogens (primary N) is 1. The van der Waals surface area contributed by atoms with Gasteiger partial charge >= 0.3 is 0 Å². The molecule has 22 heavy (non-hydrogen) atoms. The summed E-state index contributed by atoms with van der Waals surface area (Å²) in [5.41, 5.74) is 6.77. The lowest BCUT2D eigenvalue weighted by Gasteiger charge is -2.07. The first-order chi connectivity index (χ1) is 10.7. The van der Waals surface area contributed by atoms with E-state index < -0.39 is 0 Å². The van der Waals surface area contributed by atoms with Gasteiger partial charge in [-0.05, 0) is 44.0 Å². The molecule has 118 valence electrons. The normalized spacial score (nSPS) is 11.5. The number of nitrogens with one attached hydrogen (secondary N) is 1. The van der Waals surface area contributed by atoms with Crippen LogP contribution >= 0.6 is 0 Å². The van der Waals surface area contributed by atoms with E-state index in [1.807, 2.05) is 43.6 Å². The summed E-state index contributed by atoms with van der Waals surface area (Å²) < 4.78 is 7.25. The van der Waals surface area contributed by atoms with Crippen LogP contribution in [-0.4, -0.2) is 29.2 Å². The molecule has 1 aromatic heterocycles. The summed E-state index contributed by atoms with van der Waals surface area (Å²) in [5.74, 6) is 2.30. The molecule has 0 aliphatic carbocycles. The molecular formula is C16H23N5O. The molecule has 2 aromatic rings. The second-order valence-corrected chi connectivity index (χ2v) is 5.00. The van der Waals surface area contributed by atoms with Gasteiger partial charge in [-0.15, -0.1) is 0 Å². The molecule has 3 N–H and O–H groups in total. The summed E-state index contributed by atoms with van der Waals surface area (Å²) in [6.07, 6.45) is 5.86. The van der Waals surface area contributed by atoms with Crippen molar-refractivity contribution in [2.45, 2.75) is 26.3 Å². The highest BCUT2D eigenvalue weighted by atomic mass is 16.5. The van der Waals surface area contributed by atoms with E-state index >= 15 is 0 Å². The number of aryl methyl sites for hydroxylation is 2. The van der Waals surface area contributed by atoms with Crippen LogP contribution in [-0.2, 0) is 6.54 Å². The van der Waals surface area contributed by atoms with Crippen LogP contribution < -0.4 is 15.8 Å². The Morgan fingerprint density at radius 3 is 2.73 bits per heavy atom. The van der Waals surface area contributed by atoms with Gasteiger partial charge in [0.05, 0.1) is 7.11 Å². The molecule has 0 unspecified atom stereocenters. The molecule has 0 saturated heterocycles. The van der Waals surface area contributed by atoms with Crippen molar-refractivity contribution < 1.29 is 4.74 Å². The molecule has 0 spiro atoms. The van der Waals surface area contributed by atoms with E-state index in [2.05, 4.69) is 19.9 Å². The SMILES string of the molecule is COc1ccc(NC(N)=NCCCCn2ccnc2C)cc1. The quantitative estimate of drug-likeness (QED) is 0.468. The van der Waals surface area contributed by atoms with Crippen LogP contribution in [0.5, 0.6) is 5.75 Å². The molecule has 0 aliphatic rings. The van der Waals surface area contributed by atoms with E-state index in [1.54, 1.807) is 7.11 Å². The van der Waals surface area contributed by atoms with Gasteiger partial charge in [0.25, 0.3) is 0 Å². The molecule has 6 heteroatoms. The molecule has 6 nitrogen and oxygen atoms in total. The highest BCUT2D eigenvalue weighted by molar-refractivity contribution is 5.92. The number of anilines is 1. The first kappa shape index (κ1) is 15.9. The lowest BCUT2D eigenvalue weighted by atomic mass is 10.3. The Kier molecular flexibility index (Phi) is 5.82. The fraction of sp³-hybridized carbons (Fsp3) is 0.375. The minimum absolute atomic E-state index is 0.434. The van der Waals surface area contributed by atoms with Crippen LogP contribution in [0.25, 0.3) is 0 Å². The van der Waals surface area contributed by atoms with Crippen molar-refractivity contribution >= 4 is 11.6 Å². The standard InChI is InChI=1S/C16H23N5O/c1-13-18-10-12-21(13)11-4-3-9-19-16(17)20-14-5-7-15(22-2)8-6-14/h5-8,10,12H,3-4,9,11H2,1-2H3,(H3,17,19,20). The minimum Gasteiger partial charge on any atom is -0.497 e. The van der Waals surface area contributed by atoms with Crippen LogP contribution in [0.3, 0.4) is 0 Å². The molecule has 0 amide bonds. The van der Waals surface area contributed by atoms with E-state index in [0.29, 0.717) is 12.5 Å². The summed E-state index contributed by atoms with van der Waals surface area (Å²) in [5, 5.41) is 3.06. The van der Waals surface area contributed by atoms with E-state index in [4.69, 9.17) is 10.5 Å². The highest BCUT2D eigenvalue weighted by Gasteiger charge is 1.98. The maximum Gasteiger partial charge on any atom is 0.193 e.